The Balaban J connectivity index is 1.33. The number of aliphatic hydroxyl groups excluding tert-OH is 1. The average molecular weight is 463 g/mol. The highest BCUT2D eigenvalue weighted by Crippen LogP contribution is 2.22. The van der Waals surface area contributed by atoms with E-state index in [1.54, 1.807) is 31.4 Å². The molecule has 0 radical (unpaired) electrons. The Morgan fingerprint density at radius 2 is 1.91 bits per heavy atom. The fraction of sp³-hybridized carbons (Fsp3) is 0.667. The van der Waals surface area contributed by atoms with Crippen molar-refractivity contribution in [2.24, 2.45) is 0 Å². The fourth-order valence-electron chi connectivity index (χ4n) is 4.42. The summed E-state index contributed by atoms with van der Waals surface area (Å²) in [5.41, 5.74) is 0.652. The van der Waals surface area contributed by atoms with Gasteiger partial charge in [-0.1, -0.05) is 6.42 Å². The van der Waals surface area contributed by atoms with E-state index in [1.165, 1.54) is 19.3 Å². The molecular weight excluding hydrogens is 424 g/mol. The maximum atomic E-state index is 12.4. The van der Waals surface area contributed by atoms with Gasteiger partial charge in [0.2, 0.25) is 5.91 Å². The number of nitrogens with zero attached hydrogens (tertiary/aromatic N) is 1. The first-order chi connectivity index (χ1) is 16.1. The molecule has 4 N–H and O–H groups in total. The highest BCUT2D eigenvalue weighted by Gasteiger charge is 2.31. The molecule has 1 aromatic rings. The minimum atomic E-state index is -0.472. The van der Waals surface area contributed by atoms with Gasteiger partial charge in [0.1, 0.15) is 11.9 Å². The zero-order chi connectivity index (χ0) is 23.5. The van der Waals surface area contributed by atoms with Crippen LogP contribution in [0.5, 0.6) is 5.75 Å². The number of carbonyl (C=O) groups is 2. The highest BCUT2D eigenvalue weighted by molar-refractivity contribution is 5.89. The summed E-state index contributed by atoms with van der Waals surface area (Å²) in [5.74, 6) is 0.788. The molecule has 9 nitrogen and oxygen atoms in total. The third-order valence-electron chi connectivity index (χ3n) is 6.35. The van der Waals surface area contributed by atoms with Crippen molar-refractivity contribution >= 4 is 17.6 Å². The molecule has 2 heterocycles. The van der Waals surface area contributed by atoms with Crippen molar-refractivity contribution in [2.75, 3.05) is 45.2 Å². The monoisotopic (exact) mass is 462 g/mol. The first-order valence-corrected chi connectivity index (χ1v) is 12.0. The molecule has 3 atom stereocenters. The molecule has 0 saturated carbocycles. The van der Waals surface area contributed by atoms with E-state index < -0.39 is 6.10 Å². The Bertz CT molecular complexity index is 739. The number of nitrogens with one attached hydrogen (secondary N) is 3. The Kier molecular flexibility index (Phi) is 10.2. The molecule has 3 amide bonds. The zero-order valence-electron chi connectivity index (χ0n) is 19.6. The summed E-state index contributed by atoms with van der Waals surface area (Å²) in [4.78, 5) is 26.8. The zero-order valence-corrected chi connectivity index (χ0v) is 19.6. The molecule has 0 aromatic heterocycles. The van der Waals surface area contributed by atoms with E-state index in [0.29, 0.717) is 37.2 Å². The molecule has 0 bridgehead atoms. The number of ether oxygens (including phenoxy) is 2. The Hall–Kier alpha value is -2.36. The van der Waals surface area contributed by atoms with Crippen LogP contribution in [-0.4, -0.2) is 80.1 Å². The van der Waals surface area contributed by atoms with E-state index in [1.807, 2.05) is 0 Å². The molecule has 2 aliphatic heterocycles. The SMILES string of the molecule is COc1ccc(NC(=O)N[C@@H]2CC[C@@H](CCNC(=O)CCN3CCCCC3)O[C@@H]2CO)cc1. The van der Waals surface area contributed by atoms with Crippen LogP contribution in [0, 0.1) is 0 Å². The maximum absolute atomic E-state index is 12.4. The van der Waals surface area contributed by atoms with E-state index in [9.17, 15) is 14.7 Å². The van der Waals surface area contributed by atoms with Crippen LogP contribution in [0.25, 0.3) is 0 Å². The van der Waals surface area contributed by atoms with Crippen molar-refractivity contribution in [2.45, 2.75) is 63.2 Å². The molecule has 0 unspecified atom stereocenters. The first kappa shape index (κ1) is 25.3. The number of likely N-dealkylation sites (tertiary alicyclic amines) is 1. The second kappa shape index (κ2) is 13.4. The van der Waals surface area contributed by atoms with Crippen molar-refractivity contribution in [1.29, 1.82) is 0 Å². The molecular formula is C24H38N4O5. The summed E-state index contributed by atoms with van der Waals surface area (Å²) < 4.78 is 11.1. The molecule has 2 aliphatic rings. The largest absolute Gasteiger partial charge is 0.497 e. The van der Waals surface area contributed by atoms with Crippen LogP contribution < -0.4 is 20.7 Å². The normalized spacial score (nSPS) is 23.5. The number of anilines is 1. The second-order valence-corrected chi connectivity index (χ2v) is 8.78. The number of hydrogen-bond donors (Lipinski definition) is 4. The topological polar surface area (TPSA) is 112 Å². The summed E-state index contributed by atoms with van der Waals surface area (Å²) in [7, 11) is 1.59. The van der Waals surface area contributed by atoms with Crippen molar-refractivity contribution in [1.82, 2.24) is 15.5 Å². The van der Waals surface area contributed by atoms with Gasteiger partial charge < -0.3 is 35.4 Å². The van der Waals surface area contributed by atoms with E-state index >= 15 is 0 Å². The van der Waals surface area contributed by atoms with Crippen molar-refractivity contribution in [3.63, 3.8) is 0 Å². The molecule has 0 aliphatic carbocycles. The van der Waals surface area contributed by atoms with Crippen LogP contribution in [-0.2, 0) is 9.53 Å². The van der Waals surface area contributed by atoms with Gasteiger partial charge in [0.15, 0.2) is 0 Å². The standard InChI is InChI=1S/C24H38N4O5/c1-32-19-7-5-18(6-8-19)26-24(31)27-21-10-9-20(33-22(21)17-29)11-13-25-23(30)12-16-28-14-3-2-4-15-28/h5-8,20-22,29H,2-4,9-17H2,1H3,(H,25,30)(H2,26,27,31)/t20-,21+,22+/m0/s1. The molecule has 33 heavy (non-hydrogen) atoms. The number of hydrogen-bond acceptors (Lipinski definition) is 6. The number of benzene rings is 1. The van der Waals surface area contributed by atoms with Crippen molar-refractivity contribution < 1.29 is 24.2 Å². The lowest BCUT2D eigenvalue weighted by atomic mass is 9.97. The Morgan fingerprint density at radius 1 is 1.15 bits per heavy atom. The predicted octanol–water partition coefficient (Wildman–Crippen LogP) is 2.11. The van der Waals surface area contributed by atoms with E-state index in [4.69, 9.17) is 9.47 Å². The quantitative estimate of drug-likeness (QED) is 0.424. The Morgan fingerprint density at radius 3 is 2.61 bits per heavy atom. The van der Waals surface area contributed by atoms with Gasteiger partial charge in [-0.05, 0) is 69.5 Å². The molecule has 9 heteroatoms. The van der Waals surface area contributed by atoms with Gasteiger partial charge in [-0.25, -0.2) is 4.79 Å². The molecule has 1 aromatic carbocycles. The summed E-state index contributed by atoms with van der Waals surface area (Å²) in [6.45, 7) is 3.40. The Labute approximate surface area is 196 Å². The van der Waals surface area contributed by atoms with Crippen LogP contribution in [0.15, 0.2) is 24.3 Å². The number of carbonyl (C=O) groups excluding carboxylic acids is 2. The van der Waals surface area contributed by atoms with E-state index in [0.717, 1.165) is 26.1 Å². The third-order valence-corrected chi connectivity index (χ3v) is 6.35. The van der Waals surface area contributed by atoms with Crippen LogP contribution in [0.4, 0.5) is 10.5 Å². The predicted molar refractivity (Wildman–Crippen MR) is 126 cm³/mol. The van der Waals surface area contributed by atoms with Crippen molar-refractivity contribution in [3.05, 3.63) is 24.3 Å². The van der Waals surface area contributed by atoms with Crippen LogP contribution in [0.2, 0.25) is 0 Å². The third kappa shape index (κ3) is 8.49. The smallest absolute Gasteiger partial charge is 0.319 e. The number of aliphatic hydroxyl groups is 1. The molecule has 2 saturated heterocycles. The summed E-state index contributed by atoms with van der Waals surface area (Å²) >= 11 is 0. The van der Waals surface area contributed by atoms with Crippen LogP contribution >= 0.6 is 0 Å². The number of methoxy groups -OCH3 is 1. The maximum Gasteiger partial charge on any atom is 0.319 e. The van der Waals surface area contributed by atoms with Gasteiger partial charge in [0.25, 0.3) is 0 Å². The van der Waals surface area contributed by atoms with E-state index in [2.05, 4.69) is 20.9 Å². The van der Waals surface area contributed by atoms with Gasteiger partial charge >= 0.3 is 6.03 Å². The fourth-order valence-corrected chi connectivity index (χ4v) is 4.42. The first-order valence-electron chi connectivity index (χ1n) is 12.0. The number of amides is 3. The molecule has 2 fully saturated rings. The van der Waals surface area contributed by atoms with E-state index in [-0.39, 0.29) is 30.7 Å². The number of urea groups is 1. The lowest BCUT2D eigenvalue weighted by Crippen LogP contribution is -2.52. The minimum Gasteiger partial charge on any atom is -0.497 e. The number of piperidine rings is 1. The lowest BCUT2D eigenvalue weighted by molar-refractivity contribution is -0.122. The minimum absolute atomic E-state index is 0.0488. The second-order valence-electron chi connectivity index (χ2n) is 8.78. The van der Waals surface area contributed by atoms with Gasteiger partial charge in [-0.15, -0.1) is 0 Å². The molecule has 0 spiro atoms. The van der Waals surface area contributed by atoms with Gasteiger partial charge in [-0.3, -0.25) is 4.79 Å². The van der Waals surface area contributed by atoms with Crippen LogP contribution in [0.3, 0.4) is 0 Å². The highest BCUT2D eigenvalue weighted by atomic mass is 16.5. The number of rotatable bonds is 10. The summed E-state index contributed by atoms with van der Waals surface area (Å²) in [6.07, 6.45) is 5.91. The summed E-state index contributed by atoms with van der Waals surface area (Å²) in [5, 5.41) is 18.4. The van der Waals surface area contributed by atoms with Gasteiger partial charge in [0.05, 0.1) is 25.9 Å². The van der Waals surface area contributed by atoms with Gasteiger partial charge in [-0.2, -0.15) is 0 Å². The van der Waals surface area contributed by atoms with Crippen molar-refractivity contribution in [3.8, 4) is 5.75 Å². The average Bonchev–Trinajstić information content (AvgIpc) is 2.84. The molecule has 184 valence electrons. The lowest BCUT2D eigenvalue weighted by Gasteiger charge is -2.36. The summed E-state index contributed by atoms with van der Waals surface area (Å²) in [6, 6.07) is 6.45. The van der Waals surface area contributed by atoms with Crippen LogP contribution in [0.1, 0.15) is 44.9 Å². The van der Waals surface area contributed by atoms with Gasteiger partial charge in [0, 0.05) is 25.2 Å². The molecule has 3 rings (SSSR count).